The number of aromatic nitrogens is 2. The molecule has 2 saturated carbocycles. The highest BCUT2D eigenvalue weighted by Gasteiger charge is 2.48. The molecule has 1 aromatic heterocycles. The van der Waals surface area contributed by atoms with Gasteiger partial charge in [-0.15, -0.1) is 0 Å². The molecule has 3 fully saturated rings. The Morgan fingerprint density at radius 1 is 1.20 bits per heavy atom. The second-order valence-electron chi connectivity index (χ2n) is 6.05. The van der Waals surface area contributed by atoms with Gasteiger partial charge in [-0.25, -0.2) is 0 Å². The number of nitriles is 1. The number of rotatable bonds is 2. The van der Waals surface area contributed by atoms with Gasteiger partial charge >= 0.3 is 0 Å². The maximum Gasteiger partial charge on any atom is 0.247 e. The predicted molar refractivity (Wildman–Crippen MR) is 66.7 cm³/mol. The first-order valence-corrected chi connectivity index (χ1v) is 7.29. The lowest BCUT2D eigenvalue weighted by atomic mass is 9.70. The molecule has 6 heteroatoms. The first-order valence-electron chi connectivity index (χ1n) is 7.29. The van der Waals surface area contributed by atoms with Crippen LogP contribution in [0.5, 0.6) is 0 Å². The molecule has 0 radical (unpaired) electrons. The Morgan fingerprint density at radius 2 is 2.00 bits per heavy atom. The average Bonchev–Trinajstić information content (AvgIpc) is 3.12. The molecule has 0 amide bonds. The van der Waals surface area contributed by atoms with Crippen molar-refractivity contribution in [3.05, 3.63) is 11.7 Å². The molecule has 2 aliphatic carbocycles. The smallest absolute Gasteiger partial charge is 0.247 e. The highest BCUT2D eigenvalue weighted by atomic mass is 16.7. The second-order valence-corrected chi connectivity index (χ2v) is 6.05. The fourth-order valence-electron chi connectivity index (χ4n) is 3.45. The minimum atomic E-state index is -0.526. The van der Waals surface area contributed by atoms with Gasteiger partial charge in [0.1, 0.15) is 5.41 Å². The van der Waals surface area contributed by atoms with E-state index in [-0.39, 0.29) is 5.92 Å². The van der Waals surface area contributed by atoms with Crippen LogP contribution in [0.3, 0.4) is 0 Å². The summed E-state index contributed by atoms with van der Waals surface area (Å²) in [6, 6.07) is 2.34. The zero-order chi connectivity index (χ0) is 13.6. The Morgan fingerprint density at radius 3 is 2.65 bits per heavy atom. The topological polar surface area (TPSA) is 81.2 Å². The summed E-state index contributed by atoms with van der Waals surface area (Å²) in [6.45, 7) is 1.34. The van der Waals surface area contributed by atoms with Gasteiger partial charge in [0.25, 0.3) is 0 Å². The first-order chi connectivity index (χ1) is 9.75. The number of ether oxygens (including phenoxy) is 2. The summed E-state index contributed by atoms with van der Waals surface area (Å²) in [5.74, 6) is 0.990. The van der Waals surface area contributed by atoms with Crippen molar-refractivity contribution in [1.29, 1.82) is 5.26 Å². The Bertz CT molecular complexity index is 552. The van der Waals surface area contributed by atoms with Crippen molar-refractivity contribution >= 4 is 0 Å². The second kappa shape index (κ2) is 4.27. The minimum Gasteiger partial charge on any atom is -0.348 e. The zero-order valence-corrected chi connectivity index (χ0v) is 11.3. The maximum absolute atomic E-state index is 9.31. The van der Waals surface area contributed by atoms with Crippen LogP contribution in [-0.2, 0) is 14.9 Å². The van der Waals surface area contributed by atoms with E-state index in [0.29, 0.717) is 24.9 Å². The summed E-state index contributed by atoms with van der Waals surface area (Å²) in [4.78, 5) is 4.50. The molecule has 20 heavy (non-hydrogen) atoms. The van der Waals surface area contributed by atoms with E-state index in [1.54, 1.807) is 0 Å². The van der Waals surface area contributed by atoms with Crippen LogP contribution in [0, 0.1) is 11.3 Å². The summed E-state index contributed by atoms with van der Waals surface area (Å²) < 4.78 is 16.8. The quantitative estimate of drug-likeness (QED) is 0.821. The molecule has 0 bridgehead atoms. The summed E-state index contributed by atoms with van der Waals surface area (Å²) in [5, 5.41) is 13.4. The third-order valence-electron chi connectivity index (χ3n) is 4.88. The molecule has 1 spiro atoms. The predicted octanol–water partition coefficient (Wildman–Crippen LogP) is 2.03. The molecule has 1 atom stereocenters. The van der Waals surface area contributed by atoms with Crippen LogP contribution in [0.15, 0.2) is 4.52 Å². The van der Waals surface area contributed by atoms with Crippen molar-refractivity contribution in [3.8, 4) is 6.07 Å². The van der Waals surface area contributed by atoms with Crippen molar-refractivity contribution in [1.82, 2.24) is 10.1 Å². The van der Waals surface area contributed by atoms with Crippen molar-refractivity contribution in [2.24, 2.45) is 0 Å². The van der Waals surface area contributed by atoms with Crippen LogP contribution in [-0.4, -0.2) is 29.1 Å². The van der Waals surface area contributed by atoms with Gasteiger partial charge in [-0.3, -0.25) is 0 Å². The van der Waals surface area contributed by atoms with E-state index in [1.165, 1.54) is 0 Å². The van der Waals surface area contributed by atoms with Gasteiger partial charge < -0.3 is 14.0 Å². The summed E-state index contributed by atoms with van der Waals surface area (Å²) >= 11 is 0. The van der Waals surface area contributed by atoms with Gasteiger partial charge in [-0.2, -0.15) is 10.2 Å². The van der Waals surface area contributed by atoms with Crippen molar-refractivity contribution in [3.63, 3.8) is 0 Å². The molecule has 0 N–H and O–H groups in total. The molecule has 2 heterocycles. The van der Waals surface area contributed by atoms with E-state index in [1.807, 2.05) is 0 Å². The molecule has 0 aromatic carbocycles. The number of hydrogen-bond acceptors (Lipinski definition) is 6. The van der Waals surface area contributed by atoms with Gasteiger partial charge in [-0.1, -0.05) is 5.16 Å². The molecule has 3 aliphatic rings. The van der Waals surface area contributed by atoms with E-state index in [9.17, 15) is 5.26 Å². The van der Waals surface area contributed by atoms with Crippen LogP contribution in [0.4, 0.5) is 0 Å². The van der Waals surface area contributed by atoms with Crippen LogP contribution < -0.4 is 0 Å². The number of hydrogen-bond donors (Lipinski definition) is 0. The number of nitrogens with zero attached hydrogens (tertiary/aromatic N) is 3. The standard InChI is InChI=1S/C14H17N3O3/c15-9-13(3-1-4-13)12-16-11(17-20-12)10-2-5-14(8-10)18-6-7-19-14/h10H,1-8H2. The molecule has 106 valence electrons. The third kappa shape index (κ3) is 1.70. The first kappa shape index (κ1) is 12.3. The molecule has 1 aliphatic heterocycles. The minimum absolute atomic E-state index is 0.210. The van der Waals surface area contributed by atoms with Crippen LogP contribution in [0.2, 0.25) is 0 Å². The maximum atomic E-state index is 9.31. The van der Waals surface area contributed by atoms with Crippen LogP contribution >= 0.6 is 0 Å². The highest BCUT2D eigenvalue weighted by Crippen LogP contribution is 2.46. The Kier molecular flexibility index (Phi) is 2.63. The average molecular weight is 275 g/mol. The third-order valence-corrected chi connectivity index (χ3v) is 4.88. The molecule has 1 saturated heterocycles. The van der Waals surface area contributed by atoms with Crippen LogP contribution in [0.1, 0.15) is 56.2 Å². The highest BCUT2D eigenvalue weighted by molar-refractivity contribution is 5.23. The fourth-order valence-corrected chi connectivity index (χ4v) is 3.45. The van der Waals surface area contributed by atoms with E-state index in [2.05, 4.69) is 16.2 Å². The van der Waals surface area contributed by atoms with E-state index < -0.39 is 11.2 Å². The van der Waals surface area contributed by atoms with Gasteiger partial charge in [0.05, 0.1) is 19.3 Å². The molecule has 4 rings (SSSR count). The largest absolute Gasteiger partial charge is 0.348 e. The van der Waals surface area contributed by atoms with Gasteiger partial charge in [0, 0.05) is 18.8 Å². The molecule has 1 unspecified atom stereocenters. The Balaban J connectivity index is 1.53. The van der Waals surface area contributed by atoms with Gasteiger partial charge in [-0.05, 0) is 25.7 Å². The Hall–Kier alpha value is -1.45. The SMILES string of the molecule is N#CC1(c2nc(C3CCC4(C3)OCCO4)no2)CCC1. The normalized spacial score (nSPS) is 30.2. The van der Waals surface area contributed by atoms with E-state index in [4.69, 9.17) is 14.0 Å². The van der Waals surface area contributed by atoms with E-state index in [0.717, 1.165) is 38.5 Å². The molecular weight excluding hydrogens is 258 g/mol. The lowest BCUT2D eigenvalue weighted by Gasteiger charge is -2.30. The fraction of sp³-hybridized carbons (Fsp3) is 0.786. The molecule has 1 aromatic rings. The van der Waals surface area contributed by atoms with Crippen molar-refractivity contribution in [2.75, 3.05) is 13.2 Å². The zero-order valence-electron chi connectivity index (χ0n) is 11.3. The summed E-state index contributed by atoms with van der Waals surface area (Å²) in [7, 11) is 0. The lowest BCUT2D eigenvalue weighted by Crippen LogP contribution is -2.32. The van der Waals surface area contributed by atoms with Crippen molar-refractivity contribution < 1.29 is 14.0 Å². The Labute approximate surface area is 117 Å². The molecular formula is C14H17N3O3. The van der Waals surface area contributed by atoms with E-state index >= 15 is 0 Å². The summed E-state index contributed by atoms with van der Waals surface area (Å²) in [5.41, 5.74) is -0.526. The van der Waals surface area contributed by atoms with Crippen LogP contribution in [0.25, 0.3) is 0 Å². The lowest BCUT2D eigenvalue weighted by molar-refractivity contribution is -0.151. The molecule has 6 nitrogen and oxygen atoms in total. The summed E-state index contributed by atoms with van der Waals surface area (Å²) in [6.07, 6.45) is 5.31. The van der Waals surface area contributed by atoms with Gasteiger partial charge in [0.15, 0.2) is 11.6 Å². The van der Waals surface area contributed by atoms with Gasteiger partial charge in [0.2, 0.25) is 5.89 Å². The van der Waals surface area contributed by atoms with Crippen molar-refractivity contribution in [2.45, 2.75) is 55.6 Å². The monoisotopic (exact) mass is 275 g/mol.